The first kappa shape index (κ1) is 14.2. The van der Waals surface area contributed by atoms with E-state index < -0.39 is 0 Å². The second-order valence-corrected chi connectivity index (χ2v) is 5.34. The van der Waals surface area contributed by atoms with E-state index in [0.717, 1.165) is 18.9 Å². The number of hydrogen-bond acceptors (Lipinski definition) is 1. The van der Waals surface area contributed by atoms with Crippen LogP contribution in [0.25, 0.3) is 6.08 Å². The zero-order valence-electron chi connectivity index (χ0n) is 11.5. The van der Waals surface area contributed by atoms with Crippen LogP contribution in [0.15, 0.2) is 18.2 Å². The number of nitrogens with one attached hydrogen (secondary N) is 1. The quantitative estimate of drug-likeness (QED) is 0.869. The molecule has 1 fully saturated rings. The monoisotopic (exact) mass is 265 g/mol. The van der Waals surface area contributed by atoms with Crippen LogP contribution in [0.1, 0.15) is 37.3 Å². The van der Waals surface area contributed by atoms with Gasteiger partial charge in [-0.3, -0.25) is 0 Å². The number of benzene rings is 1. The molecule has 0 bridgehead atoms. The molecule has 104 valence electrons. The molecule has 0 aliphatic carbocycles. The fourth-order valence-corrected chi connectivity index (χ4v) is 2.56. The molecule has 2 atom stereocenters. The molecular weight excluding hydrogens is 244 g/mol. The van der Waals surface area contributed by atoms with Crippen LogP contribution in [-0.4, -0.2) is 12.6 Å². The summed E-state index contributed by atoms with van der Waals surface area (Å²) in [4.78, 5) is 0. The number of aryl methyl sites for hydroxylation is 1. The lowest BCUT2D eigenvalue weighted by atomic mass is 9.90. The van der Waals surface area contributed by atoms with E-state index in [2.05, 4.69) is 12.2 Å². The van der Waals surface area contributed by atoms with Crippen molar-refractivity contribution in [1.82, 2.24) is 5.32 Å². The highest BCUT2D eigenvalue weighted by molar-refractivity contribution is 5.51. The summed E-state index contributed by atoms with van der Waals surface area (Å²) < 4.78 is 27.1. The SMILES string of the molecule is CCC1CCNC(/C=C/c2cc(F)c(C)cc2F)C1. The first-order chi connectivity index (χ1) is 9.10. The molecule has 3 heteroatoms. The smallest absolute Gasteiger partial charge is 0.130 e. The van der Waals surface area contributed by atoms with E-state index in [1.54, 1.807) is 13.0 Å². The third-order valence-corrected chi connectivity index (χ3v) is 3.91. The highest BCUT2D eigenvalue weighted by atomic mass is 19.1. The largest absolute Gasteiger partial charge is 0.310 e. The van der Waals surface area contributed by atoms with Gasteiger partial charge < -0.3 is 5.32 Å². The molecule has 0 aromatic heterocycles. The lowest BCUT2D eigenvalue weighted by Gasteiger charge is -2.27. The maximum absolute atomic E-state index is 13.7. The van der Waals surface area contributed by atoms with E-state index in [4.69, 9.17) is 0 Å². The fraction of sp³-hybridized carbons (Fsp3) is 0.500. The van der Waals surface area contributed by atoms with E-state index in [1.807, 2.05) is 6.08 Å². The second-order valence-electron chi connectivity index (χ2n) is 5.34. The lowest BCUT2D eigenvalue weighted by Crippen LogP contribution is -2.36. The van der Waals surface area contributed by atoms with Crippen molar-refractivity contribution in [3.05, 3.63) is 41.0 Å². The Labute approximate surface area is 113 Å². The van der Waals surface area contributed by atoms with Crippen LogP contribution in [0.3, 0.4) is 0 Å². The Bertz CT molecular complexity index is 468. The molecule has 0 spiro atoms. The molecule has 0 amide bonds. The van der Waals surface area contributed by atoms with Crippen LogP contribution in [0.4, 0.5) is 8.78 Å². The third-order valence-electron chi connectivity index (χ3n) is 3.91. The number of piperidine rings is 1. The first-order valence-corrected chi connectivity index (χ1v) is 6.97. The summed E-state index contributed by atoms with van der Waals surface area (Å²) in [5.41, 5.74) is 0.667. The van der Waals surface area contributed by atoms with Crippen LogP contribution >= 0.6 is 0 Å². The average Bonchev–Trinajstić information content (AvgIpc) is 2.41. The van der Waals surface area contributed by atoms with E-state index in [-0.39, 0.29) is 17.7 Å². The Morgan fingerprint density at radius 2 is 2.11 bits per heavy atom. The van der Waals surface area contributed by atoms with Gasteiger partial charge in [-0.05, 0) is 49.9 Å². The molecule has 1 heterocycles. The Hall–Kier alpha value is -1.22. The summed E-state index contributed by atoms with van der Waals surface area (Å²) in [6.45, 7) is 4.77. The molecule has 1 aromatic carbocycles. The van der Waals surface area contributed by atoms with E-state index in [1.165, 1.54) is 25.0 Å². The Morgan fingerprint density at radius 1 is 1.32 bits per heavy atom. The Morgan fingerprint density at radius 3 is 2.84 bits per heavy atom. The lowest BCUT2D eigenvalue weighted by molar-refractivity contribution is 0.326. The second kappa shape index (κ2) is 6.29. The van der Waals surface area contributed by atoms with Crippen LogP contribution in [-0.2, 0) is 0 Å². The van der Waals surface area contributed by atoms with Gasteiger partial charge in [0, 0.05) is 11.6 Å². The zero-order valence-corrected chi connectivity index (χ0v) is 11.5. The van der Waals surface area contributed by atoms with Gasteiger partial charge in [-0.2, -0.15) is 0 Å². The maximum Gasteiger partial charge on any atom is 0.130 e. The number of halogens is 2. The molecule has 0 radical (unpaired) electrons. The van der Waals surface area contributed by atoms with Crippen LogP contribution in [0, 0.1) is 24.5 Å². The van der Waals surface area contributed by atoms with Crippen molar-refractivity contribution in [3.63, 3.8) is 0 Å². The molecular formula is C16H21F2N. The van der Waals surface area contributed by atoms with Gasteiger partial charge in [0.25, 0.3) is 0 Å². The van der Waals surface area contributed by atoms with Gasteiger partial charge >= 0.3 is 0 Å². The molecule has 2 unspecified atom stereocenters. The van der Waals surface area contributed by atoms with Gasteiger partial charge in [0.15, 0.2) is 0 Å². The summed E-state index contributed by atoms with van der Waals surface area (Å²) in [5, 5.41) is 3.40. The predicted molar refractivity (Wildman–Crippen MR) is 74.9 cm³/mol. The summed E-state index contributed by atoms with van der Waals surface area (Å²) in [6, 6.07) is 2.78. The van der Waals surface area contributed by atoms with Gasteiger partial charge in [0.2, 0.25) is 0 Å². The highest BCUT2D eigenvalue weighted by Gasteiger charge is 2.17. The third kappa shape index (κ3) is 3.63. The molecule has 1 aliphatic heterocycles. The normalized spacial score (nSPS) is 24.0. The topological polar surface area (TPSA) is 12.0 Å². The molecule has 19 heavy (non-hydrogen) atoms. The van der Waals surface area contributed by atoms with E-state index >= 15 is 0 Å². The van der Waals surface area contributed by atoms with E-state index in [9.17, 15) is 8.78 Å². The molecule has 1 nitrogen and oxygen atoms in total. The van der Waals surface area contributed by atoms with Crippen LogP contribution in [0.5, 0.6) is 0 Å². The maximum atomic E-state index is 13.7. The van der Waals surface area contributed by atoms with Crippen molar-refractivity contribution in [2.75, 3.05) is 6.54 Å². The number of rotatable bonds is 3. The van der Waals surface area contributed by atoms with Crippen molar-refractivity contribution < 1.29 is 8.78 Å². The van der Waals surface area contributed by atoms with E-state index in [0.29, 0.717) is 11.1 Å². The van der Waals surface area contributed by atoms with Gasteiger partial charge in [-0.25, -0.2) is 8.78 Å². The summed E-state index contributed by atoms with van der Waals surface area (Å²) in [6.07, 6.45) is 7.10. The fourth-order valence-electron chi connectivity index (χ4n) is 2.56. The predicted octanol–water partition coefficient (Wildman–Crippen LogP) is 4.06. The first-order valence-electron chi connectivity index (χ1n) is 6.97. The van der Waals surface area contributed by atoms with Crippen molar-refractivity contribution in [3.8, 4) is 0 Å². The van der Waals surface area contributed by atoms with Gasteiger partial charge in [0.05, 0.1) is 0 Å². The van der Waals surface area contributed by atoms with Gasteiger partial charge in [-0.15, -0.1) is 0 Å². The van der Waals surface area contributed by atoms with Crippen molar-refractivity contribution in [2.24, 2.45) is 5.92 Å². The summed E-state index contributed by atoms with van der Waals surface area (Å²) >= 11 is 0. The average molecular weight is 265 g/mol. The van der Waals surface area contributed by atoms with Crippen LogP contribution < -0.4 is 5.32 Å². The molecule has 0 saturated carbocycles. The minimum absolute atomic E-state index is 0.266. The van der Waals surface area contributed by atoms with Crippen molar-refractivity contribution >= 4 is 6.08 Å². The zero-order chi connectivity index (χ0) is 13.8. The summed E-state index contributed by atoms with van der Waals surface area (Å²) in [7, 11) is 0. The van der Waals surface area contributed by atoms with Crippen molar-refractivity contribution in [2.45, 2.75) is 39.2 Å². The number of hydrogen-bond donors (Lipinski definition) is 1. The molecule has 1 N–H and O–H groups in total. The molecule has 1 aromatic rings. The molecule has 1 saturated heterocycles. The van der Waals surface area contributed by atoms with Gasteiger partial charge in [0.1, 0.15) is 11.6 Å². The summed E-state index contributed by atoms with van der Waals surface area (Å²) in [5.74, 6) is 0.0117. The minimum atomic E-state index is -0.363. The molecule has 2 rings (SSSR count). The standard InChI is InChI=1S/C16H21F2N/c1-3-12-6-7-19-14(9-12)5-4-13-10-15(17)11(2)8-16(13)18/h4-5,8,10,12,14,19H,3,6-7,9H2,1-2H3/b5-4+. The van der Waals surface area contributed by atoms with Crippen LogP contribution in [0.2, 0.25) is 0 Å². The molecule has 1 aliphatic rings. The Balaban J connectivity index is 2.08. The highest BCUT2D eigenvalue weighted by Crippen LogP contribution is 2.21. The minimum Gasteiger partial charge on any atom is -0.310 e. The Kier molecular flexibility index (Phi) is 4.70. The van der Waals surface area contributed by atoms with Crippen molar-refractivity contribution in [1.29, 1.82) is 0 Å². The van der Waals surface area contributed by atoms with Gasteiger partial charge in [-0.1, -0.05) is 25.5 Å².